The number of hydrogen-bond donors (Lipinski definition) is 2. The van der Waals surface area contributed by atoms with Gasteiger partial charge in [-0.15, -0.1) is 0 Å². The van der Waals surface area contributed by atoms with E-state index in [2.05, 4.69) is 25.3 Å². The monoisotopic (exact) mass is 243 g/mol. The Hall–Kier alpha value is -1.75. The molecule has 0 amide bonds. The van der Waals surface area contributed by atoms with Crippen molar-refractivity contribution in [2.45, 2.75) is 19.3 Å². The molecule has 0 unspecified atom stereocenters. The summed E-state index contributed by atoms with van der Waals surface area (Å²) in [6.45, 7) is 2.25. The van der Waals surface area contributed by atoms with Gasteiger partial charge in [0.2, 0.25) is 0 Å². The molecule has 1 fully saturated rings. The Balaban J connectivity index is 1.74. The third-order valence-electron chi connectivity index (χ3n) is 3.36. The third-order valence-corrected chi connectivity index (χ3v) is 3.36. The van der Waals surface area contributed by atoms with Crippen molar-refractivity contribution < 1.29 is 0 Å². The van der Waals surface area contributed by atoms with Crippen molar-refractivity contribution in [1.82, 2.24) is 25.3 Å². The molecule has 5 nitrogen and oxygen atoms in total. The first-order valence-electron chi connectivity index (χ1n) is 6.43. The van der Waals surface area contributed by atoms with E-state index >= 15 is 0 Å². The smallest absolute Gasteiger partial charge is 0.156 e. The molecule has 2 aromatic rings. The minimum atomic E-state index is 0.693. The van der Waals surface area contributed by atoms with Gasteiger partial charge in [-0.1, -0.05) is 0 Å². The molecule has 0 spiro atoms. The van der Waals surface area contributed by atoms with Crippen LogP contribution >= 0.6 is 0 Å². The molecular formula is C13H17N5. The van der Waals surface area contributed by atoms with Crippen LogP contribution in [0.25, 0.3) is 11.5 Å². The lowest BCUT2D eigenvalue weighted by Gasteiger charge is -2.22. The standard InChI is InChI=1S/C13H17N5/c1-2-10(8-14-3-1)6-11-7-12(18-9-17-11)13-15-4-5-16-13/h4-5,7,9-10,14H,1-3,6,8H2,(H,15,16)/t10-/m0/s1. The molecule has 0 radical (unpaired) electrons. The number of nitrogens with zero attached hydrogens (tertiary/aromatic N) is 3. The summed E-state index contributed by atoms with van der Waals surface area (Å²) in [7, 11) is 0. The van der Waals surface area contributed by atoms with Crippen molar-refractivity contribution in [3.8, 4) is 11.5 Å². The van der Waals surface area contributed by atoms with Crippen molar-refractivity contribution in [3.63, 3.8) is 0 Å². The van der Waals surface area contributed by atoms with Gasteiger partial charge in [-0.05, 0) is 44.3 Å². The number of aromatic amines is 1. The Kier molecular flexibility index (Phi) is 3.32. The third kappa shape index (κ3) is 2.56. The lowest BCUT2D eigenvalue weighted by molar-refractivity contribution is 0.373. The van der Waals surface area contributed by atoms with Crippen molar-refractivity contribution in [1.29, 1.82) is 0 Å². The van der Waals surface area contributed by atoms with E-state index in [1.165, 1.54) is 12.8 Å². The largest absolute Gasteiger partial charge is 0.343 e. The zero-order valence-electron chi connectivity index (χ0n) is 10.3. The van der Waals surface area contributed by atoms with Gasteiger partial charge in [0, 0.05) is 18.1 Å². The second kappa shape index (κ2) is 5.27. The normalized spacial score (nSPS) is 19.9. The molecule has 18 heavy (non-hydrogen) atoms. The highest BCUT2D eigenvalue weighted by Gasteiger charge is 2.14. The molecule has 3 heterocycles. The topological polar surface area (TPSA) is 66.5 Å². The van der Waals surface area contributed by atoms with Gasteiger partial charge in [-0.2, -0.15) is 0 Å². The highest BCUT2D eigenvalue weighted by Crippen LogP contribution is 2.17. The maximum Gasteiger partial charge on any atom is 0.156 e. The predicted molar refractivity (Wildman–Crippen MR) is 68.9 cm³/mol. The quantitative estimate of drug-likeness (QED) is 0.855. The minimum absolute atomic E-state index is 0.693. The van der Waals surface area contributed by atoms with Crippen LogP contribution in [-0.4, -0.2) is 33.0 Å². The van der Waals surface area contributed by atoms with Gasteiger partial charge < -0.3 is 10.3 Å². The van der Waals surface area contributed by atoms with E-state index in [4.69, 9.17) is 0 Å². The average Bonchev–Trinajstić information content (AvgIpc) is 2.94. The Labute approximate surface area is 106 Å². The van der Waals surface area contributed by atoms with Crippen LogP contribution in [-0.2, 0) is 6.42 Å². The molecule has 2 aromatic heterocycles. The molecule has 3 rings (SSSR count). The highest BCUT2D eigenvalue weighted by molar-refractivity contribution is 5.48. The minimum Gasteiger partial charge on any atom is -0.343 e. The molecule has 0 aromatic carbocycles. The van der Waals surface area contributed by atoms with E-state index < -0.39 is 0 Å². The first kappa shape index (κ1) is 11.3. The van der Waals surface area contributed by atoms with Crippen molar-refractivity contribution in [2.75, 3.05) is 13.1 Å². The van der Waals surface area contributed by atoms with Gasteiger partial charge in [0.25, 0.3) is 0 Å². The van der Waals surface area contributed by atoms with E-state index in [1.807, 2.05) is 12.3 Å². The van der Waals surface area contributed by atoms with Crippen LogP contribution in [0.15, 0.2) is 24.8 Å². The van der Waals surface area contributed by atoms with Gasteiger partial charge in [-0.25, -0.2) is 15.0 Å². The molecule has 1 atom stereocenters. The van der Waals surface area contributed by atoms with Crippen LogP contribution < -0.4 is 5.32 Å². The van der Waals surface area contributed by atoms with Gasteiger partial charge in [0.05, 0.1) is 0 Å². The Bertz CT molecular complexity index is 488. The van der Waals surface area contributed by atoms with Crippen molar-refractivity contribution in [3.05, 3.63) is 30.5 Å². The number of aromatic nitrogens is 4. The summed E-state index contributed by atoms with van der Waals surface area (Å²) in [5, 5.41) is 3.44. The van der Waals surface area contributed by atoms with Crippen LogP contribution in [0.4, 0.5) is 0 Å². The summed E-state index contributed by atoms with van der Waals surface area (Å²) in [5.74, 6) is 1.50. The van der Waals surface area contributed by atoms with Crippen LogP contribution in [0.3, 0.4) is 0 Å². The number of nitrogens with one attached hydrogen (secondary N) is 2. The molecular weight excluding hydrogens is 226 g/mol. The maximum absolute atomic E-state index is 4.36. The number of rotatable bonds is 3. The molecule has 1 aliphatic rings. The fraction of sp³-hybridized carbons (Fsp3) is 0.462. The number of imidazole rings is 1. The molecule has 2 N–H and O–H groups in total. The van der Waals surface area contributed by atoms with Crippen LogP contribution in [0.2, 0.25) is 0 Å². The Morgan fingerprint density at radius 1 is 1.28 bits per heavy atom. The van der Waals surface area contributed by atoms with Gasteiger partial charge in [0.15, 0.2) is 5.82 Å². The SMILES string of the molecule is c1nc(C[C@@H]2CCCNC2)cc(-c2ncc[nH]2)n1. The summed E-state index contributed by atoms with van der Waals surface area (Å²) < 4.78 is 0. The van der Waals surface area contributed by atoms with E-state index in [0.717, 1.165) is 36.7 Å². The zero-order chi connectivity index (χ0) is 12.2. The molecule has 1 saturated heterocycles. The molecule has 94 valence electrons. The van der Waals surface area contributed by atoms with Crippen molar-refractivity contribution >= 4 is 0 Å². The summed E-state index contributed by atoms with van der Waals surface area (Å²) in [6, 6.07) is 2.04. The summed E-state index contributed by atoms with van der Waals surface area (Å²) in [4.78, 5) is 15.9. The summed E-state index contributed by atoms with van der Waals surface area (Å²) >= 11 is 0. The first-order chi connectivity index (χ1) is 8.92. The van der Waals surface area contributed by atoms with E-state index in [-0.39, 0.29) is 0 Å². The fourth-order valence-corrected chi connectivity index (χ4v) is 2.44. The predicted octanol–water partition coefficient (Wildman–Crippen LogP) is 1.41. The van der Waals surface area contributed by atoms with Gasteiger partial charge in [-0.3, -0.25) is 0 Å². The Morgan fingerprint density at radius 3 is 3.06 bits per heavy atom. The number of piperidine rings is 1. The lowest BCUT2D eigenvalue weighted by Crippen LogP contribution is -2.31. The van der Waals surface area contributed by atoms with Crippen LogP contribution in [0, 0.1) is 5.92 Å². The maximum atomic E-state index is 4.36. The average molecular weight is 243 g/mol. The summed E-state index contributed by atoms with van der Waals surface area (Å²) in [6.07, 6.45) is 8.74. The number of hydrogen-bond acceptors (Lipinski definition) is 4. The van der Waals surface area contributed by atoms with E-state index in [9.17, 15) is 0 Å². The van der Waals surface area contributed by atoms with E-state index in [0.29, 0.717) is 5.92 Å². The van der Waals surface area contributed by atoms with E-state index in [1.54, 1.807) is 12.5 Å². The highest BCUT2D eigenvalue weighted by atomic mass is 14.9. The second-order valence-corrected chi connectivity index (χ2v) is 4.75. The Morgan fingerprint density at radius 2 is 2.28 bits per heavy atom. The molecule has 0 aliphatic carbocycles. The van der Waals surface area contributed by atoms with Gasteiger partial charge >= 0.3 is 0 Å². The molecule has 1 aliphatic heterocycles. The fourth-order valence-electron chi connectivity index (χ4n) is 2.44. The van der Waals surface area contributed by atoms with Crippen molar-refractivity contribution in [2.24, 2.45) is 5.92 Å². The van der Waals surface area contributed by atoms with Crippen LogP contribution in [0.5, 0.6) is 0 Å². The molecule has 0 bridgehead atoms. The first-order valence-corrected chi connectivity index (χ1v) is 6.43. The lowest BCUT2D eigenvalue weighted by atomic mass is 9.94. The summed E-state index contributed by atoms with van der Waals surface area (Å²) in [5.41, 5.74) is 1.97. The van der Waals surface area contributed by atoms with Gasteiger partial charge in [0.1, 0.15) is 12.0 Å². The zero-order valence-corrected chi connectivity index (χ0v) is 10.3. The molecule has 0 saturated carbocycles. The number of H-pyrrole nitrogens is 1. The molecule has 5 heteroatoms. The van der Waals surface area contributed by atoms with Crippen LogP contribution in [0.1, 0.15) is 18.5 Å². The second-order valence-electron chi connectivity index (χ2n) is 4.75.